The number of esters is 1. The zero-order valence-electron chi connectivity index (χ0n) is 22.1. The number of benzene rings is 2. The van der Waals surface area contributed by atoms with E-state index in [2.05, 4.69) is 37.5 Å². The van der Waals surface area contributed by atoms with E-state index in [0.29, 0.717) is 16.5 Å². The summed E-state index contributed by atoms with van der Waals surface area (Å²) in [4.78, 5) is 26.4. The molecule has 5 atom stereocenters. The van der Waals surface area contributed by atoms with E-state index in [-0.39, 0.29) is 23.3 Å². The highest BCUT2D eigenvalue weighted by molar-refractivity contribution is 6.30. The van der Waals surface area contributed by atoms with Crippen LogP contribution in [0.4, 0.5) is 0 Å². The van der Waals surface area contributed by atoms with Gasteiger partial charge in [-0.3, -0.25) is 4.79 Å². The molecule has 6 nitrogen and oxygen atoms in total. The fourth-order valence-electron chi connectivity index (χ4n) is 5.32. The molecule has 1 heterocycles. The average Bonchev–Trinajstić information content (AvgIpc) is 3.15. The Morgan fingerprint density at radius 1 is 1.14 bits per heavy atom. The molecule has 0 aromatic heterocycles. The van der Waals surface area contributed by atoms with Crippen LogP contribution < -0.4 is 10.6 Å². The van der Waals surface area contributed by atoms with Gasteiger partial charge in [-0.1, -0.05) is 82.1 Å². The largest absolute Gasteiger partial charge is 0.467 e. The summed E-state index contributed by atoms with van der Waals surface area (Å²) in [5, 5.41) is 18.4. The molecule has 0 unspecified atom stereocenters. The van der Waals surface area contributed by atoms with Gasteiger partial charge in [-0.2, -0.15) is 5.26 Å². The molecule has 0 aliphatic carbocycles. The van der Waals surface area contributed by atoms with Crippen LogP contribution >= 0.6 is 23.2 Å². The Bertz CT molecular complexity index is 1170. The number of carbonyl (C=O) groups is 2. The Labute approximate surface area is 229 Å². The summed E-state index contributed by atoms with van der Waals surface area (Å²) in [6.07, 6.45) is 0.620. The predicted octanol–water partition coefficient (Wildman–Crippen LogP) is 5.63. The molecular formula is C29H35Cl2N3O3. The standard InChI is InChI=1S/C29H35Cl2N3O3/c1-17(2)24(27(36)37-6)34-26(35)25-23(18-8-7-9-21(31)14-18)29(16-32,19-10-12-20(30)13-11-19)22(33-25)15-28(3,4)5/h7-14,17,22-25,33H,15H2,1-6H3,(H,34,35)/t22-,23-,24+,25+,29-/m1/s1. The number of rotatable bonds is 7. The van der Waals surface area contributed by atoms with Crippen LogP contribution in [-0.4, -0.2) is 37.1 Å². The van der Waals surface area contributed by atoms with Crippen LogP contribution in [0.15, 0.2) is 48.5 Å². The molecule has 1 aliphatic rings. The molecule has 1 saturated heterocycles. The lowest BCUT2D eigenvalue weighted by atomic mass is 9.63. The van der Waals surface area contributed by atoms with Gasteiger partial charge in [0.2, 0.25) is 5.91 Å². The number of nitrogens with zero attached hydrogens (tertiary/aromatic N) is 1. The Hall–Kier alpha value is -2.59. The maximum atomic E-state index is 13.9. The second kappa shape index (κ2) is 11.4. The maximum Gasteiger partial charge on any atom is 0.328 e. The van der Waals surface area contributed by atoms with Crippen LogP contribution in [0.25, 0.3) is 0 Å². The molecule has 2 aromatic carbocycles. The van der Waals surface area contributed by atoms with Crippen molar-refractivity contribution < 1.29 is 14.3 Å². The molecule has 0 saturated carbocycles. The highest BCUT2D eigenvalue weighted by Gasteiger charge is 2.59. The first-order valence-electron chi connectivity index (χ1n) is 12.4. The van der Waals surface area contributed by atoms with Crippen molar-refractivity contribution in [2.45, 2.75) is 70.5 Å². The minimum absolute atomic E-state index is 0.150. The first-order valence-corrected chi connectivity index (χ1v) is 13.2. The number of ether oxygens (including phenoxy) is 1. The lowest BCUT2D eigenvalue weighted by Gasteiger charge is -2.37. The first kappa shape index (κ1) is 29.0. The highest BCUT2D eigenvalue weighted by atomic mass is 35.5. The summed E-state index contributed by atoms with van der Waals surface area (Å²) in [6.45, 7) is 9.99. The number of amides is 1. The van der Waals surface area contributed by atoms with Crippen LogP contribution in [0.2, 0.25) is 10.0 Å². The second-order valence-corrected chi connectivity index (χ2v) is 12.1. The molecule has 0 radical (unpaired) electrons. The van der Waals surface area contributed by atoms with Gasteiger partial charge in [0, 0.05) is 22.0 Å². The molecule has 0 spiro atoms. The summed E-state index contributed by atoms with van der Waals surface area (Å²) >= 11 is 12.6. The van der Waals surface area contributed by atoms with Crippen molar-refractivity contribution >= 4 is 35.1 Å². The number of nitrogens with one attached hydrogen (secondary N) is 2. The average molecular weight is 545 g/mol. The number of hydrogen-bond acceptors (Lipinski definition) is 5. The molecule has 1 aliphatic heterocycles. The van der Waals surface area contributed by atoms with Gasteiger partial charge in [0.25, 0.3) is 0 Å². The summed E-state index contributed by atoms with van der Waals surface area (Å²) in [5.41, 5.74) is 0.244. The van der Waals surface area contributed by atoms with E-state index in [1.54, 1.807) is 24.3 Å². The molecule has 0 bridgehead atoms. The van der Waals surface area contributed by atoms with E-state index in [4.69, 9.17) is 27.9 Å². The van der Waals surface area contributed by atoms with Crippen molar-refractivity contribution in [1.82, 2.24) is 10.6 Å². The first-order chi connectivity index (χ1) is 17.3. The Balaban J connectivity index is 2.23. The monoisotopic (exact) mass is 543 g/mol. The number of carbonyl (C=O) groups excluding carboxylic acids is 2. The lowest BCUT2D eigenvalue weighted by Crippen LogP contribution is -2.52. The summed E-state index contributed by atoms with van der Waals surface area (Å²) < 4.78 is 4.94. The van der Waals surface area contributed by atoms with Crippen molar-refractivity contribution in [1.29, 1.82) is 5.26 Å². The van der Waals surface area contributed by atoms with Gasteiger partial charge in [-0.15, -0.1) is 0 Å². The van der Waals surface area contributed by atoms with E-state index in [9.17, 15) is 14.9 Å². The van der Waals surface area contributed by atoms with E-state index < -0.39 is 29.4 Å². The van der Waals surface area contributed by atoms with Crippen LogP contribution in [-0.2, 0) is 19.7 Å². The molecule has 2 aromatic rings. The fraction of sp³-hybridized carbons (Fsp3) is 0.483. The zero-order valence-corrected chi connectivity index (χ0v) is 23.7. The summed E-state index contributed by atoms with van der Waals surface area (Å²) in [5.74, 6) is -1.69. The van der Waals surface area contributed by atoms with E-state index in [1.165, 1.54) is 7.11 Å². The maximum absolute atomic E-state index is 13.9. The van der Waals surface area contributed by atoms with Crippen LogP contribution in [0.1, 0.15) is 58.1 Å². The molecule has 3 rings (SSSR count). The van der Waals surface area contributed by atoms with E-state index in [1.807, 2.05) is 38.1 Å². The summed E-state index contributed by atoms with van der Waals surface area (Å²) in [7, 11) is 1.30. The third-order valence-corrected chi connectivity index (χ3v) is 7.47. The fourth-order valence-corrected chi connectivity index (χ4v) is 5.65. The molecular weight excluding hydrogens is 509 g/mol. The van der Waals surface area contributed by atoms with Gasteiger partial charge in [0.1, 0.15) is 11.5 Å². The molecule has 37 heavy (non-hydrogen) atoms. The predicted molar refractivity (Wildman–Crippen MR) is 147 cm³/mol. The van der Waals surface area contributed by atoms with Gasteiger partial charge < -0.3 is 15.4 Å². The number of hydrogen-bond donors (Lipinski definition) is 2. The third kappa shape index (κ3) is 6.12. The van der Waals surface area contributed by atoms with Crippen molar-refractivity contribution in [2.24, 2.45) is 11.3 Å². The van der Waals surface area contributed by atoms with E-state index >= 15 is 0 Å². The zero-order chi connectivity index (χ0) is 27.5. The minimum atomic E-state index is -1.12. The van der Waals surface area contributed by atoms with Crippen LogP contribution in [0.3, 0.4) is 0 Å². The normalized spacial score (nSPS) is 24.4. The number of halogens is 2. The van der Waals surface area contributed by atoms with Gasteiger partial charge >= 0.3 is 5.97 Å². The topological polar surface area (TPSA) is 91.2 Å². The molecule has 8 heteroatoms. The Morgan fingerprint density at radius 2 is 1.78 bits per heavy atom. The van der Waals surface area contributed by atoms with Gasteiger partial charge in [0.05, 0.1) is 19.2 Å². The number of methoxy groups -OCH3 is 1. The van der Waals surface area contributed by atoms with Crippen molar-refractivity contribution in [3.63, 3.8) is 0 Å². The van der Waals surface area contributed by atoms with Gasteiger partial charge in [-0.25, -0.2) is 4.79 Å². The molecule has 2 N–H and O–H groups in total. The molecule has 1 amide bonds. The lowest BCUT2D eigenvalue weighted by molar-refractivity contribution is -0.146. The van der Waals surface area contributed by atoms with Crippen LogP contribution in [0, 0.1) is 22.7 Å². The Morgan fingerprint density at radius 3 is 2.30 bits per heavy atom. The third-order valence-electron chi connectivity index (χ3n) is 6.99. The second-order valence-electron chi connectivity index (χ2n) is 11.2. The van der Waals surface area contributed by atoms with Crippen LogP contribution in [0.5, 0.6) is 0 Å². The van der Waals surface area contributed by atoms with Crippen molar-refractivity contribution in [3.05, 3.63) is 69.7 Å². The summed E-state index contributed by atoms with van der Waals surface area (Å²) in [6, 6.07) is 15.1. The highest BCUT2D eigenvalue weighted by Crippen LogP contribution is 2.51. The number of nitriles is 1. The smallest absolute Gasteiger partial charge is 0.328 e. The molecule has 1 fully saturated rings. The van der Waals surface area contributed by atoms with Gasteiger partial charge in [-0.05, 0) is 53.1 Å². The quantitative estimate of drug-likeness (QED) is 0.441. The van der Waals surface area contributed by atoms with Crippen molar-refractivity contribution in [2.75, 3.05) is 7.11 Å². The van der Waals surface area contributed by atoms with Gasteiger partial charge in [0.15, 0.2) is 0 Å². The Kier molecular flexibility index (Phi) is 8.95. The SMILES string of the molecule is COC(=O)[C@@H](NC(=O)[C@H]1N[C@H](CC(C)(C)C)[C@@](C#N)(c2ccc(Cl)cc2)[C@@H]1c1cccc(Cl)c1)C(C)C. The minimum Gasteiger partial charge on any atom is -0.467 e. The molecule has 198 valence electrons. The van der Waals surface area contributed by atoms with E-state index in [0.717, 1.165) is 11.1 Å². The van der Waals surface area contributed by atoms with Crippen molar-refractivity contribution in [3.8, 4) is 6.07 Å².